The molecule has 4 heteroatoms. The molecule has 1 aromatic heterocycles. The van der Waals surface area contributed by atoms with Gasteiger partial charge in [0.05, 0.1) is 29.5 Å². The summed E-state index contributed by atoms with van der Waals surface area (Å²) in [6, 6.07) is 21.8. The van der Waals surface area contributed by atoms with E-state index in [4.69, 9.17) is 15.5 Å². The Morgan fingerprint density at radius 2 is 1.50 bits per heavy atom. The Morgan fingerprint density at radius 3 is 2.12 bits per heavy atom. The van der Waals surface area contributed by atoms with Gasteiger partial charge in [-0.25, -0.2) is 4.98 Å². The summed E-state index contributed by atoms with van der Waals surface area (Å²) in [5, 5.41) is 5.62. The standard InChI is InChI=1S/C20H17N3O/c1-24-19-11-10-13(21)12-18(19)23-20-14-6-2-4-8-16(14)22-17-9-5-3-7-15(17)20/h2-12H,21H2,1H3,(H,22,23). The van der Waals surface area contributed by atoms with Crippen molar-refractivity contribution in [3.63, 3.8) is 0 Å². The molecule has 0 fully saturated rings. The number of rotatable bonds is 3. The summed E-state index contributed by atoms with van der Waals surface area (Å²) in [6.45, 7) is 0. The fourth-order valence-electron chi connectivity index (χ4n) is 2.93. The van der Waals surface area contributed by atoms with Crippen molar-refractivity contribution in [2.24, 2.45) is 0 Å². The number of benzene rings is 3. The van der Waals surface area contributed by atoms with E-state index in [1.54, 1.807) is 7.11 Å². The molecule has 24 heavy (non-hydrogen) atoms. The minimum atomic E-state index is 0.681. The van der Waals surface area contributed by atoms with Crippen molar-refractivity contribution in [2.75, 3.05) is 18.2 Å². The normalized spacial score (nSPS) is 10.9. The van der Waals surface area contributed by atoms with E-state index in [9.17, 15) is 0 Å². The average molecular weight is 315 g/mol. The lowest BCUT2D eigenvalue weighted by Gasteiger charge is -2.16. The van der Waals surface area contributed by atoms with E-state index in [2.05, 4.69) is 17.4 Å². The highest BCUT2D eigenvalue weighted by Crippen LogP contribution is 2.36. The number of methoxy groups -OCH3 is 1. The van der Waals surface area contributed by atoms with Crippen LogP contribution in [0.3, 0.4) is 0 Å². The van der Waals surface area contributed by atoms with Gasteiger partial charge in [0.2, 0.25) is 0 Å². The molecular weight excluding hydrogens is 298 g/mol. The molecule has 0 bridgehead atoms. The van der Waals surface area contributed by atoms with Crippen LogP contribution in [0.1, 0.15) is 0 Å². The number of pyridine rings is 1. The van der Waals surface area contributed by atoms with Gasteiger partial charge in [0.15, 0.2) is 0 Å². The number of hydrogen-bond acceptors (Lipinski definition) is 4. The molecule has 0 spiro atoms. The lowest BCUT2D eigenvalue weighted by atomic mass is 10.1. The van der Waals surface area contributed by atoms with Crippen LogP contribution in [0.5, 0.6) is 5.75 Å². The fourth-order valence-corrected chi connectivity index (χ4v) is 2.93. The third-order valence-corrected chi connectivity index (χ3v) is 4.07. The maximum Gasteiger partial charge on any atom is 0.142 e. The molecule has 0 unspecified atom stereocenters. The Hall–Kier alpha value is -3.27. The Labute approximate surface area is 139 Å². The summed E-state index contributed by atoms with van der Waals surface area (Å²) in [7, 11) is 1.65. The lowest BCUT2D eigenvalue weighted by Crippen LogP contribution is -1.99. The highest BCUT2D eigenvalue weighted by molar-refractivity contribution is 6.08. The molecule has 0 aliphatic rings. The molecule has 1 heterocycles. The molecule has 0 aliphatic heterocycles. The van der Waals surface area contributed by atoms with Gasteiger partial charge in [-0.05, 0) is 30.3 Å². The van der Waals surface area contributed by atoms with E-state index in [0.717, 1.165) is 38.9 Å². The summed E-state index contributed by atoms with van der Waals surface area (Å²) in [6.07, 6.45) is 0. The first-order valence-electron chi connectivity index (χ1n) is 7.74. The van der Waals surface area contributed by atoms with Gasteiger partial charge in [-0.2, -0.15) is 0 Å². The second-order valence-electron chi connectivity index (χ2n) is 5.61. The number of hydrogen-bond donors (Lipinski definition) is 2. The van der Waals surface area contributed by atoms with Gasteiger partial charge in [-0.3, -0.25) is 0 Å². The zero-order valence-electron chi connectivity index (χ0n) is 13.3. The highest BCUT2D eigenvalue weighted by atomic mass is 16.5. The number of nitrogen functional groups attached to an aromatic ring is 1. The SMILES string of the molecule is COc1ccc(N)cc1Nc1c2ccccc2nc2ccccc12. The maximum absolute atomic E-state index is 5.95. The number of aromatic nitrogens is 1. The number of nitrogens with two attached hydrogens (primary N) is 1. The van der Waals surface area contributed by atoms with Gasteiger partial charge in [0.25, 0.3) is 0 Å². The van der Waals surface area contributed by atoms with Crippen LogP contribution >= 0.6 is 0 Å². The van der Waals surface area contributed by atoms with Crippen molar-refractivity contribution in [1.82, 2.24) is 4.98 Å². The van der Waals surface area contributed by atoms with Gasteiger partial charge >= 0.3 is 0 Å². The van der Waals surface area contributed by atoms with E-state index in [1.165, 1.54) is 0 Å². The first-order chi connectivity index (χ1) is 11.8. The predicted molar refractivity (Wildman–Crippen MR) is 99.9 cm³/mol. The van der Waals surface area contributed by atoms with Gasteiger partial charge in [0, 0.05) is 16.5 Å². The summed E-state index contributed by atoms with van der Waals surface area (Å²) in [5.41, 5.74) is 10.4. The van der Waals surface area contributed by atoms with E-state index in [0.29, 0.717) is 5.69 Å². The van der Waals surface area contributed by atoms with Crippen LogP contribution in [0.2, 0.25) is 0 Å². The minimum Gasteiger partial charge on any atom is -0.495 e. The Morgan fingerprint density at radius 1 is 0.875 bits per heavy atom. The largest absolute Gasteiger partial charge is 0.495 e. The van der Waals surface area contributed by atoms with Crippen LogP contribution in [-0.2, 0) is 0 Å². The Kier molecular flexibility index (Phi) is 3.43. The minimum absolute atomic E-state index is 0.681. The van der Waals surface area contributed by atoms with Crippen LogP contribution in [-0.4, -0.2) is 12.1 Å². The van der Waals surface area contributed by atoms with Crippen molar-refractivity contribution in [3.8, 4) is 5.75 Å². The van der Waals surface area contributed by atoms with E-state index in [1.807, 2.05) is 54.6 Å². The van der Waals surface area contributed by atoms with Crippen molar-refractivity contribution in [1.29, 1.82) is 0 Å². The predicted octanol–water partition coefficient (Wildman–Crippen LogP) is 4.72. The summed E-state index contributed by atoms with van der Waals surface area (Å²) in [4.78, 5) is 4.74. The first-order valence-corrected chi connectivity index (χ1v) is 7.74. The van der Waals surface area contributed by atoms with Gasteiger partial charge < -0.3 is 15.8 Å². The van der Waals surface area contributed by atoms with Gasteiger partial charge in [-0.15, -0.1) is 0 Å². The van der Waals surface area contributed by atoms with Crippen molar-refractivity contribution < 1.29 is 4.74 Å². The van der Waals surface area contributed by atoms with Gasteiger partial charge in [-0.1, -0.05) is 36.4 Å². The number of ether oxygens (including phenoxy) is 1. The zero-order valence-corrected chi connectivity index (χ0v) is 13.3. The molecule has 4 aromatic rings. The molecule has 118 valence electrons. The fraction of sp³-hybridized carbons (Fsp3) is 0.0500. The summed E-state index contributed by atoms with van der Waals surface area (Å²) >= 11 is 0. The molecule has 0 amide bonds. The number of nitrogens with zero attached hydrogens (tertiary/aromatic N) is 1. The lowest BCUT2D eigenvalue weighted by molar-refractivity contribution is 0.417. The van der Waals surface area contributed by atoms with Crippen LogP contribution in [0, 0.1) is 0 Å². The zero-order chi connectivity index (χ0) is 16.5. The Balaban J connectivity index is 1.99. The van der Waals surface area contributed by atoms with E-state index < -0.39 is 0 Å². The van der Waals surface area contributed by atoms with Crippen LogP contribution < -0.4 is 15.8 Å². The molecule has 0 radical (unpaired) electrons. The molecule has 3 N–H and O–H groups in total. The van der Waals surface area contributed by atoms with E-state index in [-0.39, 0.29) is 0 Å². The number of fused-ring (bicyclic) bond motifs is 2. The molecular formula is C20H17N3O. The molecule has 0 atom stereocenters. The van der Waals surface area contributed by atoms with Crippen molar-refractivity contribution in [3.05, 3.63) is 66.7 Å². The van der Waals surface area contributed by atoms with Crippen LogP contribution in [0.15, 0.2) is 66.7 Å². The summed E-state index contributed by atoms with van der Waals surface area (Å²) in [5.74, 6) is 0.745. The third-order valence-electron chi connectivity index (χ3n) is 4.07. The Bertz CT molecular complexity index is 989. The monoisotopic (exact) mass is 315 g/mol. The maximum atomic E-state index is 5.95. The van der Waals surface area contributed by atoms with Crippen LogP contribution in [0.25, 0.3) is 21.8 Å². The van der Waals surface area contributed by atoms with Crippen LogP contribution in [0.4, 0.5) is 17.1 Å². The molecule has 3 aromatic carbocycles. The van der Waals surface area contributed by atoms with E-state index >= 15 is 0 Å². The third kappa shape index (κ3) is 2.38. The summed E-state index contributed by atoms with van der Waals surface area (Å²) < 4.78 is 5.46. The first kappa shape index (κ1) is 14.3. The molecule has 4 nitrogen and oxygen atoms in total. The van der Waals surface area contributed by atoms with Crippen molar-refractivity contribution >= 4 is 38.9 Å². The second kappa shape index (κ2) is 5.74. The smallest absolute Gasteiger partial charge is 0.142 e. The topological polar surface area (TPSA) is 60.2 Å². The average Bonchev–Trinajstić information content (AvgIpc) is 2.62. The molecule has 0 saturated heterocycles. The highest BCUT2D eigenvalue weighted by Gasteiger charge is 2.11. The molecule has 0 aliphatic carbocycles. The van der Waals surface area contributed by atoms with Gasteiger partial charge in [0.1, 0.15) is 5.75 Å². The molecule has 0 saturated carbocycles. The van der Waals surface area contributed by atoms with Crippen molar-refractivity contribution in [2.45, 2.75) is 0 Å². The number of anilines is 3. The molecule has 4 rings (SSSR count). The number of para-hydroxylation sites is 2. The number of nitrogens with one attached hydrogen (secondary N) is 1. The quantitative estimate of drug-likeness (QED) is 0.424. The second-order valence-corrected chi connectivity index (χ2v) is 5.61.